The predicted molar refractivity (Wildman–Crippen MR) is 114 cm³/mol. The number of hydrogen-bond acceptors (Lipinski definition) is 10. The summed E-state index contributed by atoms with van der Waals surface area (Å²) in [5.74, 6) is -0.174. The first-order valence-corrected chi connectivity index (χ1v) is 11.9. The van der Waals surface area contributed by atoms with Crippen LogP contribution in [0.3, 0.4) is 0 Å². The molecule has 0 saturated carbocycles. The molecule has 3 N–H and O–H groups in total. The van der Waals surface area contributed by atoms with Crippen molar-refractivity contribution in [2.75, 3.05) is 23.8 Å². The van der Waals surface area contributed by atoms with Gasteiger partial charge in [0.1, 0.15) is 16.1 Å². The van der Waals surface area contributed by atoms with Gasteiger partial charge in [-0.15, -0.1) is 20.4 Å². The Bertz CT molecular complexity index is 789. The fourth-order valence-corrected chi connectivity index (χ4v) is 5.00. The van der Waals surface area contributed by atoms with Gasteiger partial charge in [0.15, 0.2) is 0 Å². The Kier molecular flexibility index (Phi) is 7.31. The van der Waals surface area contributed by atoms with E-state index >= 15 is 0 Å². The van der Waals surface area contributed by atoms with Gasteiger partial charge in [0, 0.05) is 19.4 Å². The summed E-state index contributed by atoms with van der Waals surface area (Å²) in [4.78, 5) is 24.2. The van der Waals surface area contributed by atoms with Crippen molar-refractivity contribution in [1.29, 1.82) is 0 Å². The van der Waals surface area contributed by atoms with E-state index in [4.69, 9.17) is 4.74 Å². The van der Waals surface area contributed by atoms with Crippen LogP contribution >= 0.6 is 22.7 Å². The van der Waals surface area contributed by atoms with Gasteiger partial charge in [-0.05, 0) is 45.1 Å². The van der Waals surface area contributed by atoms with Gasteiger partial charge < -0.3 is 10.1 Å². The fourth-order valence-electron chi connectivity index (χ4n) is 3.43. The molecule has 4 rings (SSSR count). The second kappa shape index (κ2) is 10.3. The minimum Gasteiger partial charge on any atom is -0.368 e. The van der Waals surface area contributed by atoms with Gasteiger partial charge in [0.25, 0.3) is 5.91 Å². The topological polar surface area (TPSA) is 131 Å². The number of nitrogens with zero attached hydrogens (tertiary/aromatic N) is 4. The summed E-state index contributed by atoms with van der Waals surface area (Å²) in [6.45, 7) is 1.52. The lowest BCUT2D eigenvalue weighted by Gasteiger charge is -2.07. The third-order valence-corrected chi connectivity index (χ3v) is 6.82. The van der Waals surface area contributed by atoms with E-state index in [0.29, 0.717) is 16.9 Å². The summed E-state index contributed by atoms with van der Waals surface area (Å²) in [5.41, 5.74) is 0. The van der Waals surface area contributed by atoms with Crippen molar-refractivity contribution in [3.05, 3.63) is 10.0 Å². The quantitative estimate of drug-likeness (QED) is 0.492. The monoisotopic (exact) mass is 451 g/mol. The normalized spacial score (nSPS) is 21.1. The van der Waals surface area contributed by atoms with Crippen LogP contribution in [-0.4, -0.2) is 57.5 Å². The van der Waals surface area contributed by atoms with E-state index in [2.05, 4.69) is 36.3 Å². The summed E-state index contributed by atoms with van der Waals surface area (Å²) in [7, 11) is 0. The Balaban J connectivity index is 1.15. The molecule has 2 fully saturated rings. The number of aryl methyl sites for hydroxylation is 2. The molecule has 2 amide bonds. The first-order chi connectivity index (χ1) is 14.7. The van der Waals surface area contributed by atoms with Crippen molar-refractivity contribution in [2.45, 2.75) is 63.5 Å². The maximum atomic E-state index is 12.1. The molecule has 0 radical (unpaired) electrons. The molecular weight excluding hydrogens is 426 g/mol. The van der Waals surface area contributed by atoms with Crippen LogP contribution in [0.4, 0.5) is 10.3 Å². The van der Waals surface area contributed by atoms with Crippen LogP contribution in [0.25, 0.3) is 0 Å². The third-order valence-electron chi connectivity index (χ3n) is 5.02. The summed E-state index contributed by atoms with van der Waals surface area (Å²) in [6.07, 6.45) is 6.66. The SMILES string of the molecule is O=C(Nc1nnc(CCCCc2nnc(NC(=O)C3CCCO3)s2)s1)C1CCCN1. The highest BCUT2D eigenvalue weighted by Gasteiger charge is 2.25. The predicted octanol–water partition coefficient (Wildman–Crippen LogP) is 1.76. The molecule has 2 atom stereocenters. The van der Waals surface area contributed by atoms with E-state index in [1.54, 1.807) is 0 Å². The number of carbonyl (C=O) groups excluding carboxylic acids is 2. The molecule has 2 aliphatic rings. The van der Waals surface area contributed by atoms with E-state index in [-0.39, 0.29) is 24.0 Å². The second-order valence-electron chi connectivity index (χ2n) is 7.34. The standard InChI is InChI=1S/C18H25N7O3S2/c26-15(11-5-3-9-19-11)20-17-24-22-13(29-17)7-1-2-8-14-23-25-18(30-14)21-16(27)12-6-4-10-28-12/h11-12,19H,1-10H2,(H,20,24,26)(H,21,25,27). The zero-order valence-corrected chi connectivity index (χ0v) is 18.2. The molecule has 10 nitrogen and oxygen atoms in total. The van der Waals surface area contributed by atoms with E-state index in [1.807, 2.05) is 0 Å². The Labute approximate surface area is 182 Å². The van der Waals surface area contributed by atoms with Gasteiger partial charge in [-0.1, -0.05) is 22.7 Å². The van der Waals surface area contributed by atoms with Gasteiger partial charge >= 0.3 is 0 Å². The number of nitrogens with one attached hydrogen (secondary N) is 3. The minimum absolute atomic E-state index is 0.0335. The lowest BCUT2D eigenvalue weighted by molar-refractivity contribution is -0.124. The van der Waals surface area contributed by atoms with Crippen LogP contribution in [0.1, 0.15) is 48.5 Å². The molecule has 0 bridgehead atoms. The molecule has 2 aromatic heterocycles. The van der Waals surface area contributed by atoms with Gasteiger partial charge in [-0.2, -0.15) is 0 Å². The molecule has 0 aromatic carbocycles. The second-order valence-corrected chi connectivity index (χ2v) is 9.46. The number of unbranched alkanes of at least 4 members (excludes halogenated alkanes) is 1. The molecule has 2 unspecified atom stereocenters. The Hall–Kier alpha value is -2.02. The Morgan fingerprint density at radius 3 is 2.17 bits per heavy atom. The van der Waals surface area contributed by atoms with Gasteiger partial charge in [-0.25, -0.2) is 0 Å². The first-order valence-electron chi connectivity index (χ1n) is 10.3. The van der Waals surface area contributed by atoms with Crippen LogP contribution in [0.15, 0.2) is 0 Å². The summed E-state index contributed by atoms with van der Waals surface area (Å²) >= 11 is 2.82. The number of aromatic nitrogens is 4. The molecule has 2 aromatic rings. The maximum absolute atomic E-state index is 12.1. The molecule has 0 spiro atoms. The number of amides is 2. The number of carbonyl (C=O) groups is 2. The van der Waals surface area contributed by atoms with Crippen LogP contribution in [0.5, 0.6) is 0 Å². The zero-order chi connectivity index (χ0) is 20.8. The van der Waals surface area contributed by atoms with Gasteiger partial charge in [0.05, 0.1) is 6.04 Å². The average Bonchev–Trinajstić information content (AvgIpc) is 3.54. The van der Waals surface area contributed by atoms with Gasteiger partial charge in [0.2, 0.25) is 16.2 Å². The van der Waals surface area contributed by atoms with Crippen molar-refractivity contribution in [1.82, 2.24) is 25.7 Å². The average molecular weight is 452 g/mol. The molecule has 4 heterocycles. The summed E-state index contributed by atoms with van der Waals surface area (Å²) < 4.78 is 5.37. The molecule has 2 saturated heterocycles. The Morgan fingerprint density at radius 1 is 0.933 bits per heavy atom. The van der Waals surface area contributed by atoms with E-state index < -0.39 is 0 Å². The molecule has 0 aliphatic carbocycles. The van der Waals surface area contributed by atoms with E-state index in [9.17, 15) is 9.59 Å². The lowest BCUT2D eigenvalue weighted by atomic mass is 10.2. The van der Waals surface area contributed by atoms with Gasteiger partial charge in [-0.3, -0.25) is 20.2 Å². The van der Waals surface area contributed by atoms with Crippen LogP contribution < -0.4 is 16.0 Å². The smallest absolute Gasteiger partial charge is 0.255 e. The van der Waals surface area contributed by atoms with Crippen LogP contribution in [-0.2, 0) is 27.2 Å². The zero-order valence-electron chi connectivity index (χ0n) is 16.6. The number of hydrogen-bond donors (Lipinski definition) is 3. The number of ether oxygens (including phenoxy) is 1. The first kappa shape index (κ1) is 21.2. The summed E-state index contributed by atoms with van der Waals surface area (Å²) in [5, 5.41) is 28.1. The van der Waals surface area contributed by atoms with Crippen molar-refractivity contribution < 1.29 is 14.3 Å². The minimum atomic E-state index is -0.367. The molecule has 162 valence electrons. The lowest BCUT2D eigenvalue weighted by Crippen LogP contribution is -2.35. The van der Waals surface area contributed by atoms with Crippen LogP contribution in [0, 0.1) is 0 Å². The molecular formula is C18H25N7O3S2. The number of anilines is 2. The highest BCUT2D eigenvalue weighted by Crippen LogP contribution is 2.21. The Morgan fingerprint density at radius 2 is 1.60 bits per heavy atom. The molecule has 12 heteroatoms. The van der Waals surface area contributed by atoms with Crippen molar-refractivity contribution in [3.63, 3.8) is 0 Å². The van der Waals surface area contributed by atoms with Crippen molar-refractivity contribution >= 4 is 44.8 Å². The van der Waals surface area contributed by atoms with Crippen molar-refractivity contribution in [2.24, 2.45) is 0 Å². The van der Waals surface area contributed by atoms with E-state index in [0.717, 1.165) is 67.9 Å². The van der Waals surface area contributed by atoms with Crippen LogP contribution in [0.2, 0.25) is 0 Å². The highest BCUT2D eigenvalue weighted by atomic mass is 32.1. The fraction of sp³-hybridized carbons (Fsp3) is 0.667. The summed E-state index contributed by atoms with van der Waals surface area (Å²) in [6, 6.07) is -0.121. The number of rotatable bonds is 9. The third kappa shape index (κ3) is 5.78. The maximum Gasteiger partial charge on any atom is 0.255 e. The van der Waals surface area contributed by atoms with E-state index in [1.165, 1.54) is 22.7 Å². The highest BCUT2D eigenvalue weighted by molar-refractivity contribution is 7.15. The van der Waals surface area contributed by atoms with Crippen molar-refractivity contribution in [3.8, 4) is 0 Å². The molecule has 30 heavy (non-hydrogen) atoms. The molecule has 2 aliphatic heterocycles. The largest absolute Gasteiger partial charge is 0.368 e.